The molecule has 2 aromatic carbocycles. The number of nitro groups is 1. The number of nitrogens with zero attached hydrogens (tertiary/aromatic N) is 1. The molecule has 0 spiro atoms. The molecule has 2 rings (SSSR count). The summed E-state index contributed by atoms with van der Waals surface area (Å²) < 4.78 is 5.00. The van der Waals surface area contributed by atoms with Crippen LogP contribution in [-0.2, 0) is 0 Å². The summed E-state index contributed by atoms with van der Waals surface area (Å²) >= 11 is 6.13. The first-order chi connectivity index (χ1) is 10.9. The standard InChI is InChI=1S/C16H14ClNO5/c1-23-13-8-4-11(5-9-13)15(19)16(20)14(17)10-2-6-12(7-3-10)18(21)22/h2-9,14,16,20H,1H3/t14-,16-/m1/s1. The van der Waals surface area contributed by atoms with Gasteiger partial charge in [0.05, 0.1) is 17.4 Å². The number of non-ortho nitro benzene ring substituents is 1. The van der Waals surface area contributed by atoms with Crippen LogP contribution in [0.2, 0.25) is 0 Å². The first-order valence-corrected chi connectivity index (χ1v) is 7.12. The van der Waals surface area contributed by atoms with Gasteiger partial charge in [-0.25, -0.2) is 0 Å². The van der Waals surface area contributed by atoms with Gasteiger partial charge < -0.3 is 9.84 Å². The lowest BCUT2D eigenvalue weighted by atomic mass is 9.99. The molecular formula is C16H14ClNO5. The third-order valence-electron chi connectivity index (χ3n) is 3.34. The average Bonchev–Trinajstić information content (AvgIpc) is 2.60. The number of aliphatic hydroxyl groups is 1. The Morgan fingerprint density at radius 1 is 1.17 bits per heavy atom. The molecule has 1 N–H and O–H groups in total. The SMILES string of the molecule is COc1ccc(C(=O)[C@H](O)[C@H](Cl)c2ccc([N+](=O)[O-])cc2)cc1. The molecular weight excluding hydrogens is 322 g/mol. The summed E-state index contributed by atoms with van der Waals surface area (Å²) in [6.07, 6.45) is -1.47. The van der Waals surface area contributed by atoms with Gasteiger partial charge in [-0.2, -0.15) is 0 Å². The van der Waals surface area contributed by atoms with Crippen molar-refractivity contribution in [2.24, 2.45) is 0 Å². The molecule has 0 heterocycles. The minimum atomic E-state index is -1.47. The number of hydrogen-bond donors (Lipinski definition) is 1. The van der Waals surface area contributed by atoms with Gasteiger partial charge in [0.2, 0.25) is 0 Å². The number of alkyl halides is 1. The highest BCUT2D eigenvalue weighted by Crippen LogP contribution is 2.28. The van der Waals surface area contributed by atoms with Crippen LogP contribution in [0.15, 0.2) is 48.5 Å². The maximum absolute atomic E-state index is 12.3. The second-order valence-corrected chi connectivity index (χ2v) is 5.26. The van der Waals surface area contributed by atoms with E-state index in [1.165, 1.54) is 43.5 Å². The van der Waals surface area contributed by atoms with E-state index >= 15 is 0 Å². The Labute approximate surface area is 137 Å². The van der Waals surface area contributed by atoms with Gasteiger partial charge in [-0.15, -0.1) is 11.6 Å². The smallest absolute Gasteiger partial charge is 0.269 e. The predicted octanol–water partition coefficient (Wildman–Crippen LogP) is 3.13. The van der Waals surface area contributed by atoms with Gasteiger partial charge in [-0.3, -0.25) is 14.9 Å². The van der Waals surface area contributed by atoms with Crippen molar-refractivity contribution in [1.82, 2.24) is 0 Å². The number of ether oxygens (including phenoxy) is 1. The molecule has 0 saturated carbocycles. The van der Waals surface area contributed by atoms with E-state index in [-0.39, 0.29) is 5.69 Å². The Morgan fingerprint density at radius 2 is 1.74 bits per heavy atom. The highest BCUT2D eigenvalue weighted by molar-refractivity contribution is 6.23. The minimum absolute atomic E-state index is 0.0893. The molecule has 0 radical (unpaired) electrons. The van der Waals surface area contributed by atoms with E-state index in [2.05, 4.69) is 0 Å². The number of methoxy groups -OCH3 is 1. The van der Waals surface area contributed by atoms with E-state index in [0.29, 0.717) is 16.9 Å². The molecule has 120 valence electrons. The lowest BCUT2D eigenvalue weighted by molar-refractivity contribution is -0.384. The molecule has 0 bridgehead atoms. The third kappa shape index (κ3) is 3.85. The van der Waals surface area contributed by atoms with Crippen molar-refractivity contribution in [2.45, 2.75) is 11.5 Å². The summed E-state index contributed by atoms with van der Waals surface area (Å²) in [5, 5.41) is 19.8. The Balaban J connectivity index is 2.15. The first kappa shape index (κ1) is 16.9. The third-order valence-corrected chi connectivity index (χ3v) is 3.83. The molecule has 2 atom stereocenters. The summed E-state index contributed by atoms with van der Waals surface area (Å²) in [4.78, 5) is 22.3. The van der Waals surface area contributed by atoms with Crippen LogP contribution in [0, 0.1) is 10.1 Å². The summed E-state index contributed by atoms with van der Waals surface area (Å²) in [5.41, 5.74) is 0.631. The maximum Gasteiger partial charge on any atom is 0.269 e. The second kappa shape index (κ2) is 7.21. The van der Waals surface area contributed by atoms with Crippen LogP contribution in [0.25, 0.3) is 0 Å². The van der Waals surface area contributed by atoms with Gasteiger partial charge in [0, 0.05) is 17.7 Å². The van der Waals surface area contributed by atoms with Crippen LogP contribution in [0.4, 0.5) is 5.69 Å². The van der Waals surface area contributed by atoms with Crippen molar-refractivity contribution in [2.75, 3.05) is 7.11 Å². The number of carbonyl (C=O) groups excluding carboxylic acids is 1. The maximum atomic E-state index is 12.3. The van der Waals surface area contributed by atoms with Crippen molar-refractivity contribution >= 4 is 23.1 Å². The van der Waals surface area contributed by atoms with Crippen LogP contribution < -0.4 is 4.74 Å². The van der Waals surface area contributed by atoms with Gasteiger partial charge in [0.1, 0.15) is 11.9 Å². The van der Waals surface area contributed by atoms with Crippen LogP contribution in [-0.4, -0.2) is 29.0 Å². The number of ketones is 1. The Hall–Kier alpha value is -2.44. The number of hydrogen-bond acceptors (Lipinski definition) is 5. The fourth-order valence-electron chi connectivity index (χ4n) is 2.02. The molecule has 0 fully saturated rings. The van der Waals surface area contributed by atoms with E-state index in [0.717, 1.165) is 0 Å². The number of carbonyl (C=O) groups is 1. The zero-order chi connectivity index (χ0) is 17.0. The highest BCUT2D eigenvalue weighted by atomic mass is 35.5. The first-order valence-electron chi connectivity index (χ1n) is 6.69. The Morgan fingerprint density at radius 3 is 2.22 bits per heavy atom. The number of aliphatic hydroxyl groups excluding tert-OH is 1. The molecule has 23 heavy (non-hydrogen) atoms. The van der Waals surface area contributed by atoms with Crippen molar-refractivity contribution in [3.63, 3.8) is 0 Å². The second-order valence-electron chi connectivity index (χ2n) is 4.79. The average molecular weight is 336 g/mol. The molecule has 7 heteroatoms. The quantitative estimate of drug-likeness (QED) is 0.379. The van der Waals surface area contributed by atoms with E-state index in [1.807, 2.05) is 0 Å². The van der Waals surface area contributed by atoms with Crippen molar-refractivity contribution in [3.8, 4) is 5.75 Å². The van der Waals surface area contributed by atoms with Crippen molar-refractivity contribution in [1.29, 1.82) is 0 Å². The molecule has 0 aliphatic carbocycles. The highest BCUT2D eigenvalue weighted by Gasteiger charge is 2.27. The summed E-state index contributed by atoms with van der Waals surface area (Å²) in [6, 6.07) is 11.7. The fraction of sp³-hybridized carbons (Fsp3) is 0.188. The van der Waals surface area contributed by atoms with E-state index in [1.54, 1.807) is 12.1 Å². The molecule has 0 aliphatic rings. The number of Topliss-reactive ketones (excluding diaryl/α,β-unsaturated/α-hetero) is 1. The van der Waals surface area contributed by atoms with E-state index in [9.17, 15) is 20.0 Å². The normalized spacial score (nSPS) is 13.2. The summed E-state index contributed by atoms with van der Waals surface area (Å²) in [5.74, 6) is 0.0554. The molecule has 6 nitrogen and oxygen atoms in total. The monoisotopic (exact) mass is 335 g/mol. The molecule has 0 amide bonds. The molecule has 0 aliphatic heterocycles. The Bertz CT molecular complexity index is 699. The van der Waals surface area contributed by atoms with Gasteiger partial charge in [0.15, 0.2) is 5.78 Å². The molecule has 2 aromatic rings. The zero-order valence-electron chi connectivity index (χ0n) is 12.2. The number of rotatable bonds is 6. The van der Waals surface area contributed by atoms with E-state index in [4.69, 9.17) is 16.3 Å². The number of benzene rings is 2. The van der Waals surface area contributed by atoms with Crippen LogP contribution >= 0.6 is 11.6 Å². The van der Waals surface area contributed by atoms with Gasteiger partial charge in [-0.1, -0.05) is 12.1 Å². The van der Waals surface area contributed by atoms with Crippen LogP contribution in [0.3, 0.4) is 0 Å². The number of halogens is 1. The van der Waals surface area contributed by atoms with Crippen molar-refractivity contribution < 1.29 is 19.6 Å². The molecule has 0 saturated heterocycles. The summed E-state index contributed by atoms with van der Waals surface area (Å²) in [6.45, 7) is 0. The Kier molecular flexibility index (Phi) is 5.31. The lowest BCUT2D eigenvalue weighted by Gasteiger charge is -2.16. The van der Waals surface area contributed by atoms with Gasteiger partial charge >= 0.3 is 0 Å². The van der Waals surface area contributed by atoms with Crippen LogP contribution in [0.1, 0.15) is 21.3 Å². The molecule has 0 unspecified atom stereocenters. The van der Waals surface area contributed by atoms with Crippen molar-refractivity contribution in [3.05, 3.63) is 69.8 Å². The fourth-order valence-corrected chi connectivity index (χ4v) is 2.28. The molecule has 0 aromatic heterocycles. The number of nitro benzene ring substituents is 1. The largest absolute Gasteiger partial charge is 0.497 e. The minimum Gasteiger partial charge on any atom is -0.497 e. The predicted molar refractivity (Wildman–Crippen MR) is 85.0 cm³/mol. The van der Waals surface area contributed by atoms with Crippen LogP contribution in [0.5, 0.6) is 5.75 Å². The van der Waals surface area contributed by atoms with Gasteiger partial charge in [0.25, 0.3) is 5.69 Å². The zero-order valence-corrected chi connectivity index (χ0v) is 12.9. The van der Waals surface area contributed by atoms with Gasteiger partial charge in [-0.05, 0) is 29.8 Å². The topological polar surface area (TPSA) is 89.7 Å². The lowest BCUT2D eigenvalue weighted by Crippen LogP contribution is -2.25. The van der Waals surface area contributed by atoms with E-state index < -0.39 is 22.2 Å². The summed E-state index contributed by atoms with van der Waals surface area (Å²) in [7, 11) is 1.51.